The fourth-order valence-electron chi connectivity index (χ4n) is 1.88. The highest BCUT2D eigenvalue weighted by atomic mass is 16.1. The van der Waals surface area contributed by atoms with E-state index in [2.05, 4.69) is 22.7 Å². The molecule has 0 saturated carbocycles. The van der Waals surface area contributed by atoms with Crippen LogP contribution in [0.4, 0.5) is 0 Å². The zero-order valence-electron chi connectivity index (χ0n) is 8.68. The molecule has 1 aliphatic rings. The molecule has 0 amide bonds. The minimum Gasteiger partial charge on any atom is -0.301 e. The fourth-order valence-corrected chi connectivity index (χ4v) is 1.88. The smallest absolute Gasteiger partial charge is 0.144 e. The van der Waals surface area contributed by atoms with Crippen molar-refractivity contribution in [3.63, 3.8) is 0 Å². The second-order valence-electron chi connectivity index (χ2n) is 3.84. The van der Waals surface area contributed by atoms with E-state index in [0.29, 0.717) is 0 Å². The van der Waals surface area contributed by atoms with E-state index >= 15 is 0 Å². The molecule has 0 spiro atoms. The molecule has 1 aromatic carbocycles. The van der Waals surface area contributed by atoms with Crippen molar-refractivity contribution in [2.24, 2.45) is 11.0 Å². The van der Waals surface area contributed by atoms with Crippen LogP contribution >= 0.6 is 0 Å². The third kappa shape index (κ3) is 2.06. The predicted octanol–water partition coefficient (Wildman–Crippen LogP) is 1.39. The quantitative estimate of drug-likeness (QED) is 0.752. The zero-order chi connectivity index (χ0) is 10.7. The average Bonchev–Trinajstić information content (AvgIpc) is 2.62. The molecule has 0 aliphatic carbocycles. The highest BCUT2D eigenvalue weighted by molar-refractivity contribution is 5.90. The summed E-state index contributed by atoms with van der Waals surface area (Å²) in [7, 11) is 0. The Morgan fingerprint density at radius 3 is 2.80 bits per heavy atom. The lowest BCUT2D eigenvalue weighted by molar-refractivity contribution is -0.109. The van der Waals surface area contributed by atoms with Gasteiger partial charge in [-0.2, -0.15) is 5.10 Å². The molecule has 0 aromatic heterocycles. The van der Waals surface area contributed by atoms with Crippen LogP contribution in [0.1, 0.15) is 12.5 Å². The van der Waals surface area contributed by atoms with Crippen molar-refractivity contribution < 1.29 is 4.79 Å². The maximum atomic E-state index is 10.8. The number of aldehydes is 1. The van der Waals surface area contributed by atoms with E-state index in [1.54, 1.807) is 0 Å². The Bertz CT molecular complexity index is 372. The van der Waals surface area contributed by atoms with Gasteiger partial charge in [0.2, 0.25) is 0 Å². The van der Waals surface area contributed by atoms with Gasteiger partial charge >= 0.3 is 0 Å². The Labute approximate surface area is 89.2 Å². The summed E-state index contributed by atoms with van der Waals surface area (Å²) in [4.78, 5) is 10.8. The van der Waals surface area contributed by atoms with Gasteiger partial charge in [-0.25, -0.2) is 0 Å². The van der Waals surface area contributed by atoms with E-state index in [1.807, 2.05) is 25.1 Å². The van der Waals surface area contributed by atoms with Gasteiger partial charge in [0, 0.05) is 11.6 Å². The van der Waals surface area contributed by atoms with E-state index in [0.717, 1.165) is 18.4 Å². The number of benzene rings is 1. The van der Waals surface area contributed by atoms with Gasteiger partial charge in [0.1, 0.15) is 12.3 Å². The second-order valence-corrected chi connectivity index (χ2v) is 3.84. The number of hydrazone groups is 1. The lowest BCUT2D eigenvalue weighted by Crippen LogP contribution is -2.31. The fraction of sp³-hybridized carbons (Fsp3) is 0.333. The first-order valence-electron chi connectivity index (χ1n) is 5.10. The number of hydrogen-bond acceptors (Lipinski definition) is 3. The predicted molar refractivity (Wildman–Crippen MR) is 59.7 cm³/mol. The van der Waals surface area contributed by atoms with Crippen LogP contribution in [0.15, 0.2) is 35.4 Å². The highest BCUT2D eigenvalue weighted by Gasteiger charge is 2.28. The number of hydrogen-bond donors (Lipinski definition) is 1. The maximum absolute atomic E-state index is 10.8. The van der Waals surface area contributed by atoms with Crippen molar-refractivity contribution in [1.29, 1.82) is 0 Å². The van der Waals surface area contributed by atoms with Gasteiger partial charge < -0.3 is 4.79 Å². The maximum Gasteiger partial charge on any atom is 0.144 e. The molecule has 78 valence electrons. The third-order valence-corrected chi connectivity index (χ3v) is 2.81. The monoisotopic (exact) mass is 202 g/mol. The molecule has 3 heteroatoms. The molecular formula is C12H14N2O. The molecule has 1 heterocycles. The van der Waals surface area contributed by atoms with Crippen molar-refractivity contribution in [3.05, 3.63) is 35.9 Å². The molecule has 1 N–H and O–H groups in total. The number of carbonyl (C=O) groups is 1. The van der Waals surface area contributed by atoms with Crippen LogP contribution in [0, 0.1) is 5.92 Å². The number of nitrogens with one attached hydrogen (secondary N) is 1. The van der Waals surface area contributed by atoms with Crippen LogP contribution in [-0.2, 0) is 11.2 Å². The van der Waals surface area contributed by atoms with E-state index in [-0.39, 0.29) is 12.0 Å². The van der Waals surface area contributed by atoms with Gasteiger partial charge in [-0.05, 0) is 18.9 Å². The second kappa shape index (κ2) is 4.26. The molecule has 2 unspecified atom stereocenters. The van der Waals surface area contributed by atoms with E-state index in [1.165, 1.54) is 5.56 Å². The van der Waals surface area contributed by atoms with E-state index in [9.17, 15) is 4.79 Å². The van der Waals surface area contributed by atoms with Crippen LogP contribution in [0.3, 0.4) is 0 Å². The molecule has 2 rings (SSSR count). The molecule has 0 radical (unpaired) electrons. The van der Waals surface area contributed by atoms with Gasteiger partial charge in [-0.3, -0.25) is 5.43 Å². The molecule has 2 atom stereocenters. The van der Waals surface area contributed by atoms with Crippen LogP contribution in [0.2, 0.25) is 0 Å². The lowest BCUT2D eigenvalue weighted by Gasteiger charge is -2.14. The topological polar surface area (TPSA) is 41.5 Å². The first-order valence-corrected chi connectivity index (χ1v) is 5.10. The van der Waals surface area contributed by atoms with E-state index in [4.69, 9.17) is 0 Å². The first kappa shape index (κ1) is 9.90. The van der Waals surface area contributed by atoms with Gasteiger partial charge in [0.05, 0.1) is 0 Å². The number of nitrogens with zero attached hydrogens (tertiary/aromatic N) is 1. The summed E-state index contributed by atoms with van der Waals surface area (Å²) >= 11 is 0. The summed E-state index contributed by atoms with van der Waals surface area (Å²) in [6, 6.07) is 10.0. The van der Waals surface area contributed by atoms with E-state index < -0.39 is 0 Å². The van der Waals surface area contributed by atoms with Crippen LogP contribution in [0.5, 0.6) is 0 Å². The Morgan fingerprint density at radius 1 is 1.40 bits per heavy atom. The highest BCUT2D eigenvalue weighted by Crippen LogP contribution is 2.17. The van der Waals surface area contributed by atoms with Crippen molar-refractivity contribution in [1.82, 2.24) is 5.43 Å². The molecule has 3 nitrogen and oxygen atoms in total. The molecule has 0 fully saturated rings. The van der Waals surface area contributed by atoms with Gasteiger partial charge in [0.15, 0.2) is 0 Å². The van der Waals surface area contributed by atoms with Crippen LogP contribution < -0.4 is 5.43 Å². The summed E-state index contributed by atoms with van der Waals surface area (Å²) in [5.41, 5.74) is 5.10. The average molecular weight is 202 g/mol. The minimum atomic E-state index is -0.162. The third-order valence-electron chi connectivity index (χ3n) is 2.81. The zero-order valence-corrected chi connectivity index (χ0v) is 8.68. The Hall–Kier alpha value is -1.64. The molecule has 1 aliphatic heterocycles. The standard InChI is InChI=1S/C12H14N2O/c1-9-11(12(8-15)14-13-9)7-10-5-3-2-4-6-10/h2-6,8,11-12,14H,7H2,1H3. The number of carbonyl (C=O) groups excluding carboxylic acids is 1. The Balaban J connectivity index is 2.11. The molecule has 1 aromatic rings. The van der Waals surface area contributed by atoms with Crippen LogP contribution in [0.25, 0.3) is 0 Å². The SMILES string of the molecule is CC1=NNC(C=O)C1Cc1ccccc1. The van der Waals surface area contributed by atoms with Gasteiger partial charge in [0.25, 0.3) is 0 Å². The summed E-state index contributed by atoms with van der Waals surface area (Å²) < 4.78 is 0. The summed E-state index contributed by atoms with van der Waals surface area (Å²) in [6.45, 7) is 1.96. The van der Waals surface area contributed by atoms with Crippen molar-refractivity contribution in [2.75, 3.05) is 0 Å². The van der Waals surface area contributed by atoms with Crippen LogP contribution in [-0.4, -0.2) is 18.0 Å². The molecular weight excluding hydrogens is 188 g/mol. The summed E-state index contributed by atoms with van der Waals surface area (Å²) in [6.07, 6.45) is 1.81. The van der Waals surface area contributed by atoms with Gasteiger partial charge in [-0.15, -0.1) is 0 Å². The van der Waals surface area contributed by atoms with Crippen molar-refractivity contribution in [3.8, 4) is 0 Å². The molecule has 0 bridgehead atoms. The van der Waals surface area contributed by atoms with Crippen molar-refractivity contribution in [2.45, 2.75) is 19.4 Å². The minimum absolute atomic E-state index is 0.162. The number of rotatable bonds is 3. The summed E-state index contributed by atoms with van der Waals surface area (Å²) in [5.74, 6) is 0.199. The lowest BCUT2D eigenvalue weighted by atomic mass is 9.90. The van der Waals surface area contributed by atoms with Crippen molar-refractivity contribution >= 4 is 12.0 Å². The molecule has 15 heavy (non-hydrogen) atoms. The normalized spacial score (nSPS) is 24.5. The largest absolute Gasteiger partial charge is 0.301 e. The summed E-state index contributed by atoms with van der Waals surface area (Å²) in [5, 5.41) is 4.10. The first-order chi connectivity index (χ1) is 7.31. The van der Waals surface area contributed by atoms with Gasteiger partial charge in [-0.1, -0.05) is 30.3 Å². The Kier molecular flexibility index (Phi) is 2.81. The Morgan fingerprint density at radius 2 is 2.13 bits per heavy atom. The molecule has 0 saturated heterocycles.